The van der Waals surface area contributed by atoms with Gasteiger partial charge in [0.25, 0.3) is 0 Å². The number of rotatable bonds is 3. The van der Waals surface area contributed by atoms with E-state index in [4.69, 9.17) is 4.74 Å². The van der Waals surface area contributed by atoms with Crippen LogP contribution in [0.2, 0.25) is 0 Å². The minimum absolute atomic E-state index is 0.0936. The fourth-order valence-corrected chi connectivity index (χ4v) is 2.24. The Labute approximate surface area is 102 Å². The monoisotopic (exact) mass is 239 g/mol. The van der Waals surface area contributed by atoms with E-state index in [1.165, 1.54) is 0 Å². The molecule has 0 radical (unpaired) electrons. The van der Waals surface area contributed by atoms with Gasteiger partial charge in [0.15, 0.2) is 0 Å². The fraction of sp³-hybridized carbons (Fsp3) is 0.750. The summed E-state index contributed by atoms with van der Waals surface area (Å²) in [4.78, 5) is 2.19. The Kier molecular flexibility index (Phi) is 3.81. The Morgan fingerprint density at radius 3 is 2.94 bits per heavy atom. The molecule has 96 valence electrons. The maximum absolute atomic E-state index is 10.2. The maximum atomic E-state index is 10.2. The molecule has 0 aliphatic carbocycles. The highest BCUT2D eigenvalue weighted by Crippen LogP contribution is 2.13. The number of aliphatic hydroxyl groups is 1. The second kappa shape index (κ2) is 5.16. The first-order valence-corrected chi connectivity index (χ1v) is 6.04. The molecule has 17 heavy (non-hydrogen) atoms. The van der Waals surface area contributed by atoms with Gasteiger partial charge in [0.1, 0.15) is 0 Å². The van der Waals surface area contributed by atoms with Gasteiger partial charge in [-0.15, -0.1) is 0 Å². The van der Waals surface area contributed by atoms with E-state index in [0.29, 0.717) is 13.0 Å². The van der Waals surface area contributed by atoms with Gasteiger partial charge in [0, 0.05) is 32.3 Å². The van der Waals surface area contributed by atoms with Crippen molar-refractivity contribution in [2.75, 3.05) is 26.7 Å². The smallest absolute Gasteiger partial charge is 0.0964 e. The molecule has 1 aromatic rings. The van der Waals surface area contributed by atoms with Gasteiger partial charge in [0.05, 0.1) is 24.5 Å². The second-order valence-electron chi connectivity index (χ2n) is 4.84. The Morgan fingerprint density at radius 1 is 1.59 bits per heavy atom. The van der Waals surface area contributed by atoms with E-state index >= 15 is 0 Å². The lowest BCUT2D eigenvalue weighted by atomic mass is 10.1. The molecule has 0 saturated carbocycles. The van der Waals surface area contributed by atoms with Crippen LogP contribution in [0.5, 0.6) is 0 Å². The Hall–Kier alpha value is -0.910. The first kappa shape index (κ1) is 12.5. The van der Waals surface area contributed by atoms with Crippen molar-refractivity contribution in [3.05, 3.63) is 17.5 Å². The van der Waals surface area contributed by atoms with E-state index < -0.39 is 6.10 Å². The maximum Gasteiger partial charge on any atom is 0.0964 e. The average Bonchev–Trinajstić information content (AvgIpc) is 2.57. The van der Waals surface area contributed by atoms with Crippen LogP contribution in [0, 0.1) is 6.92 Å². The van der Waals surface area contributed by atoms with Crippen molar-refractivity contribution in [1.82, 2.24) is 14.7 Å². The molecule has 5 nitrogen and oxygen atoms in total. The van der Waals surface area contributed by atoms with E-state index in [-0.39, 0.29) is 6.10 Å². The SMILES string of the molecule is Cc1cc(CC(O)C2CN(C)CCO2)n(C)n1. The van der Waals surface area contributed by atoms with E-state index in [9.17, 15) is 5.11 Å². The Morgan fingerprint density at radius 2 is 2.35 bits per heavy atom. The molecule has 1 aromatic heterocycles. The summed E-state index contributed by atoms with van der Waals surface area (Å²) in [5.74, 6) is 0. The zero-order chi connectivity index (χ0) is 12.4. The van der Waals surface area contributed by atoms with E-state index in [2.05, 4.69) is 17.0 Å². The van der Waals surface area contributed by atoms with Crippen LogP contribution in [-0.2, 0) is 18.2 Å². The first-order chi connectivity index (χ1) is 8.06. The van der Waals surface area contributed by atoms with Crippen molar-refractivity contribution in [2.45, 2.75) is 25.6 Å². The van der Waals surface area contributed by atoms with Crippen LogP contribution >= 0.6 is 0 Å². The molecule has 0 spiro atoms. The van der Waals surface area contributed by atoms with Crippen LogP contribution < -0.4 is 0 Å². The predicted molar refractivity (Wildman–Crippen MR) is 64.9 cm³/mol. The van der Waals surface area contributed by atoms with Crippen LogP contribution in [0.1, 0.15) is 11.4 Å². The lowest BCUT2D eigenvalue weighted by molar-refractivity contribution is -0.0827. The van der Waals surface area contributed by atoms with Gasteiger partial charge in [-0.1, -0.05) is 0 Å². The lowest BCUT2D eigenvalue weighted by Crippen LogP contribution is -2.46. The van der Waals surface area contributed by atoms with Crippen molar-refractivity contribution in [3.63, 3.8) is 0 Å². The minimum Gasteiger partial charge on any atom is -0.390 e. The van der Waals surface area contributed by atoms with Gasteiger partial charge in [-0.25, -0.2) is 0 Å². The average molecular weight is 239 g/mol. The number of nitrogens with zero attached hydrogens (tertiary/aromatic N) is 3. The number of aryl methyl sites for hydroxylation is 2. The lowest BCUT2D eigenvalue weighted by Gasteiger charge is -2.32. The number of likely N-dealkylation sites (N-methyl/N-ethyl adjacent to an activating group) is 1. The third-order valence-corrected chi connectivity index (χ3v) is 3.24. The van der Waals surface area contributed by atoms with Gasteiger partial charge in [-0.05, 0) is 20.0 Å². The molecule has 2 unspecified atom stereocenters. The zero-order valence-electron chi connectivity index (χ0n) is 10.8. The molecule has 1 saturated heterocycles. The summed E-state index contributed by atoms with van der Waals surface area (Å²) in [6.45, 7) is 4.38. The van der Waals surface area contributed by atoms with Crippen LogP contribution in [0.25, 0.3) is 0 Å². The van der Waals surface area contributed by atoms with Crippen LogP contribution in [0.4, 0.5) is 0 Å². The molecule has 5 heteroatoms. The number of hydrogen-bond donors (Lipinski definition) is 1. The molecular formula is C12H21N3O2. The molecule has 0 bridgehead atoms. The molecular weight excluding hydrogens is 218 g/mol. The summed E-state index contributed by atoms with van der Waals surface area (Å²) < 4.78 is 7.43. The predicted octanol–water partition coefficient (Wildman–Crippen LogP) is -0.0375. The van der Waals surface area contributed by atoms with Gasteiger partial charge >= 0.3 is 0 Å². The van der Waals surface area contributed by atoms with E-state index in [0.717, 1.165) is 24.5 Å². The minimum atomic E-state index is -0.465. The normalized spacial score (nSPS) is 23.9. The van der Waals surface area contributed by atoms with Crippen molar-refractivity contribution < 1.29 is 9.84 Å². The summed E-state index contributed by atoms with van der Waals surface area (Å²) in [6, 6.07) is 2.01. The van der Waals surface area contributed by atoms with E-state index in [1.54, 1.807) is 0 Å². The summed E-state index contributed by atoms with van der Waals surface area (Å²) >= 11 is 0. The Balaban J connectivity index is 1.96. The largest absolute Gasteiger partial charge is 0.390 e. The number of aromatic nitrogens is 2. The van der Waals surface area contributed by atoms with E-state index in [1.807, 2.05) is 24.7 Å². The molecule has 1 N–H and O–H groups in total. The van der Waals surface area contributed by atoms with Gasteiger partial charge < -0.3 is 14.7 Å². The number of morpholine rings is 1. The van der Waals surface area contributed by atoms with Crippen molar-refractivity contribution in [1.29, 1.82) is 0 Å². The van der Waals surface area contributed by atoms with Gasteiger partial charge in [-0.2, -0.15) is 5.10 Å². The zero-order valence-corrected chi connectivity index (χ0v) is 10.8. The number of hydrogen-bond acceptors (Lipinski definition) is 4. The molecule has 2 rings (SSSR count). The van der Waals surface area contributed by atoms with Crippen molar-refractivity contribution in [3.8, 4) is 0 Å². The third kappa shape index (κ3) is 3.06. The third-order valence-electron chi connectivity index (χ3n) is 3.24. The topological polar surface area (TPSA) is 50.5 Å². The molecule has 0 aromatic carbocycles. The highest BCUT2D eigenvalue weighted by Gasteiger charge is 2.26. The summed E-state index contributed by atoms with van der Waals surface area (Å²) in [6.07, 6.45) is 0.0343. The standard InChI is InChI=1S/C12H21N3O2/c1-9-6-10(15(3)13-9)7-11(16)12-8-14(2)4-5-17-12/h6,11-12,16H,4-5,7-8H2,1-3H3. The molecule has 2 heterocycles. The summed E-state index contributed by atoms with van der Waals surface area (Å²) in [7, 11) is 3.96. The first-order valence-electron chi connectivity index (χ1n) is 6.04. The highest BCUT2D eigenvalue weighted by molar-refractivity contribution is 5.10. The molecule has 0 amide bonds. The van der Waals surface area contributed by atoms with Gasteiger partial charge in [0.2, 0.25) is 0 Å². The number of aliphatic hydroxyl groups excluding tert-OH is 1. The second-order valence-corrected chi connectivity index (χ2v) is 4.84. The molecule has 2 atom stereocenters. The van der Waals surface area contributed by atoms with Crippen LogP contribution in [0.3, 0.4) is 0 Å². The Bertz CT molecular complexity index is 378. The molecule has 1 aliphatic heterocycles. The quantitative estimate of drug-likeness (QED) is 0.804. The fourth-order valence-electron chi connectivity index (χ4n) is 2.24. The van der Waals surface area contributed by atoms with Crippen molar-refractivity contribution >= 4 is 0 Å². The van der Waals surface area contributed by atoms with Crippen molar-refractivity contribution in [2.24, 2.45) is 7.05 Å². The number of ether oxygens (including phenoxy) is 1. The summed E-state index contributed by atoms with van der Waals surface area (Å²) in [5, 5.41) is 14.5. The van der Waals surface area contributed by atoms with Crippen LogP contribution in [0.15, 0.2) is 6.07 Å². The highest BCUT2D eigenvalue weighted by atomic mass is 16.5. The van der Waals surface area contributed by atoms with Crippen LogP contribution in [-0.4, -0.2) is 58.7 Å². The molecule has 1 fully saturated rings. The van der Waals surface area contributed by atoms with Gasteiger partial charge in [-0.3, -0.25) is 4.68 Å². The molecule has 1 aliphatic rings. The summed E-state index contributed by atoms with van der Waals surface area (Å²) in [5.41, 5.74) is 2.03.